The van der Waals surface area contributed by atoms with Gasteiger partial charge in [0.05, 0.1) is 130 Å². The number of carboxylic acid groups (broad SMARTS) is 1. The topological polar surface area (TPSA) is 667 Å². The number of pyridine rings is 1. The van der Waals surface area contributed by atoms with Crippen LogP contribution in [0, 0.1) is 5.95 Å². The van der Waals surface area contributed by atoms with E-state index in [-0.39, 0.29) is 193 Å². The average Bonchev–Trinajstić information content (AvgIpc) is 1.80. The number of carbonyl (C=O) groups excluding carboxylic acids is 15. The number of ether oxygens (including phenoxy) is 10. The number of aliphatic imine (C=N–C) groups is 1. The van der Waals surface area contributed by atoms with Crippen molar-refractivity contribution >= 4 is 134 Å². The minimum Gasteiger partial charge on any atom is -0.481 e. The number of thioether (sulfide) groups is 1. The maximum Gasteiger partial charge on any atom is 0.305 e. The second-order valence-electron chi connectivity index (χ2n) is 26.7. The normalized spacial score (nSPS) is 18.3. The summed E-state index contributed by atoms with van der Waals surface area (Å²) in [4.78, 5) is 225. The van der Waals surface area contributed by atoms with E-state index in [0.29, 0.717) is 25.4 Å². The number of aromatic nitrogens is 1. The third-order valence-electron chi connectivity index (χ3n) is 16.6. The van der Waals surface area contributed by atoms with Crippen molar-refractivity contribution in [2.75, 3.05) is 208 Å². The van der Waals surface area contributed by atoms with E-state index < -0.39 is 194 Å². The summed E-state index contributed by atoms with van der Waals surface area (Å²) >= 11 is 0.861. The number of hydrogen-bond donors (Lipinski definition) is 18. The molecule has 21 N–H and O–H groups in total. The molecule has 0 spiro atoms. The highest BCUT2D eigenvalue weighted by Crippen LogP contribution is 2.24. The number of carboxylic acids is 1. The van der Waals surface area contributed by atoms with Gasteiger partial charge in [0.1, 0.15) is 68.7 Å². The van der Waals surface area contributed by atoms with Crippen molar-refractivity contribution in [3.05, 3.63) is 65.7 Å². The van der Waals surface area contributed by atoms with Gasteiger partial charge in [-0.2, -0.15) is 4.39 Å². The first-order valence-electron chi connectivity index (χ1n) is 39.7. The quantitative estimate of drug-likeness (QED) is 0.00730. The van der Waals surface area contributed by atoms with E-state index in [1.54, 1.807) is 30.3 Å². The van der Waals surface area contributed by atoms with Crippen molar-refractivity contribution in [1.82, 2.24) is 79.6 Å². The molecule has 15 amide bonds. The van der Waals surface area contributed by atoms with Gasteiger partial charge < -0.3 is 139 Å². The molecule has 47 nitrogen and oxygen atoms in total. The number of primary amides is 1. The monoisotopic (exact) mass is 1830 g/mol. The first-order valence-corrected chi connectivity index (χ1v) is 43.4. The van der Waals surface area contributed by atoms with E-state index in [2.05, 4.69) is 84.6 Å². The zero-order valence-corrected chi connectivity index (χ0v) is 71.4. The number of nitrogens with two attached hydrogens (primary N) is 3. The lowest BCUT2D eigenvalue weighted by atomic mass is 10.0. The molecule has 0 saturated carbocycles. The molecule has 0 aliphatic carbocycles. The van der Waals surface area contributed by atoms with Crippen molar-refractivity contribution in [2.45, 2.75) is 87.2 Å². The first-order chi connectivity index (χ1) is 60.3. The summed E-state index contributed by atoms with van der Waals surface area (Å²) in [6.07, 6.45) is -0.0613. The molecule has 4 rings (SSSR count). The molecule has 2 bridgehead atoms. The molecular weight excluding hydrogens is 1720 g/mol. The van der Waals surface area contributed by atoms with Crippen LogP contribution in [0.2, 0.25) is 0 Å². The van der Waals surface area contributed by atoms with Gasteiger partial charge in [-0.1, -0.05) is 51.9 Å². The molecule has 2 fully saturated rings. The zero-order valence-electron chi connectivity index (χ0n) is 68.9. The molecular formula is C74H114FN19O28S3. The third kappa shape index (κ3) is 52.3. The highest BCUT2D eigenvalue weighted by atomic mass is 33.1. The number of rotatable bonds is 56. The fraction of sp³-hybridized carbons (Fsp3) is 0.622. The number of halogens is 1. The van der Waals surface area contributed by atoms with Gasteiger partial charge in [-0.05, 0) is 49.8 Å². The first kappa shape index (κ1) is 107. The van der Waals surface area contributed by atoms with Crippen LogP contribution in [-0.2, 0) is 131 Å². The predicted molar refractivity (Wildman–Crippen MR) is 445 cm³/mol. The van der Waals surface area contributed by atoms with E-state index in [1.165, 1.54) is 6.07 Å². The number of unbranched alkanes of at least 4 members (excludes halogenated alkanes) is 1. The van der Waals surface area contributed by atoms with Crippen LogP contribution in [0.25, 0.3) is 0 Å². The molecule has 2 saturated heterocycles. The van der Waals surface area contributed by atoms with Crippen LogP contribution < -0.4 is 91.8 Å². The average molecular weight is 1830 g/mol. The maximum absolute atomic E-state index is 14.7. The lowest BCUT2D eigenvalue weighted by Gasteiger charge is -2.27. The van der Waals surface area contributed by atoms with Crippen LogP contribution in [0.3, 0.4) is 0 Å². The molecule has 0 radical (unpaired) electrons. The lowest BCUT2D eigenvalue weighted by molar-refractivity contribution is -0.141. The number of aliphatic carboxylic acids is 1. The third-order valence-corrected chi connectivity index (χ3v) is 20.1. The Bertz CT molecular complexity index is 3710. The SMILES string of the molecule is NC(=O)COCC(=O)NCCOCCOCCOCCNC(=O)[C@@H]1CSCC(=O)N[C@@H](CCCCNC(=O)COCC(=O)NCCOCCOCCOCCOCCOCCNC(=O)CONC(=O)c2ccc(F)nc2)C(=O)N[C@H]2CSSC[C@H](NC(=O)[C@H](CC(=O)O)NC(=O)CNC(=O)[C@H](CCCN=C(N)N)NC2=O)C(=O)N[C@@H](Cc2ccccc2)C(=O)N1. The van der Waals surface area contributed by atoms with E-state index >= 15 is 0 Å². The molecule has 51 heteroatoms. The van der Waals surface area contributed by atoms with Crippen molar-refractivity contribution in [3.8, 4) is 0 Å². The highest BCUT2D eigenvalue weighted by molar-refractivity contribution is 8.76. The Morgan fingerprint density at radius 3 is 1.45 bits per heavy atom. The summed E-state index contributed by atoms with van der Waals surface area (Å²) < 4.78 is 67.0. The number of nitrogens with one attached hydrogen (secondary N) is 14. The molecule has 2 aliphatic rings. The summed E-state index contributed by atoms with van der Waals surface area (Å²) in [5.74, 6) is -16.0. The maximum atomic E-state index is 14.7. The number of fused-ring (bicyclic) bond motifs is 5. The number of guanidine groups is 1. The van der Waals surface area contributed by atoms with Gasteiger partial charge in [0.15, 0.2) is 12.6 Å². The summed E-state index contributed by atoms with van der Waals surface area (Å²) in [6, 6.07) is -0.317. The summed E-state index contributed by atoms with van der Waals surface area (Å²) in [7, 11) is 1.77. The van der Waals surface area contributed by atoms with Gasteiger partial charge in [-0.3, -0.25) is 86.5 Å². The second kappa shape index (κ2) is 66.2. The number of amides is 15. The van der Waals surface area contributed by atoms with E-state index in [1.807, 2.05) is 0 Å². The summed E-state index contributed by atoms with van der Waals surface area (Å²) in [5.41, 5.74) is 18.7. The second-order valence-corrected chi connectivity index (χ2v) is 30.3. The largest absolute Gasteiger partial charge is 0.481 e. The Kier molecular flexibility index (Phi) is 56.7. The minimum absolute atomic E-state index is 0.0197. The van der Waals surface area contributed by atoms with Crippen molar-refractivity contribution < 1.29 is 138 Å². The summed E-state index contributed by atoms with van der Waals surface area (Å²) in [5, 5.41) is 43.3. The van der Waals surface area contributed by atoms with Crippen molar-refractivity contribution in [1.29, 1.82) is 0 Å². The van der Waals surface area contributed by atoms with Crippen LogP contribution in [0.1, 0.15) is 54.4 Å². The number of benzene rings is 1. The predicted octanol–water partition coefficient (Wildman–Crippen LogP) is -8.29. The summed E-state index contributed by atoms with van der Waals surface area (Å²) in [6.45, 7) is 0.451. The molecule has 0 unspecified atom stereocenters. The van der Waals surface area contributed by atoms with Gasteiger partial charge in [0.2, 0.25) is 88.6 Å². The fourth-order valence-corrected chi connectivity index (χ4v) is 13.7. The lowest BCUT2D eigenvalue weighted by Crippen LogP contribution is -2.60. The van der Waals surface area contributed by atoms with Crippen LogP contribution in [0.15, 0.2) is 53.7 Å². The van der Waals surface area contributed by atoms with Crippen LogP contribution in [-0.4, -0.2) is 360 Å². The standard InChI is InChI=1S/C74H114FN19O28S3/c75-57-12-11-49(37-85-57)66(104)94-122-43-63(100)82-17-21-114-25-29-118-32-34-119-33-31-117-28-24-113-20-16-81-62(99)42-121-41-60(97)79-13-5-4-9-51-69(107)92-55-45-124-125-46-56(93-71(109)53(36-65(102)103)88-59(96)38-86-67(105)50(89-72(55)110)10-6-14-84-74(77)78)73(111)90-52(35-48-7-2-1-3-8-48)70(108)91-54(44-123-47-64(101)87-51)68(106)83-18-22-115-26-30-116-27-23-112-19-15-80-61(98)40-120-39-58(76)95/h1-3,7-8,11-12,37,50-56H,4-6,9-10,13-36,38-47H2,(H2,76,95)(H,79,97)(H,80,98)(H,81,99)(H,82,100)(H,83,106)(H,86,105)(H,87,101)(H,88,96)(H,89,110)(H,90,111)(H,91,108)(H,92,107)(H,93,109)(H,94,104)(H,102,103)(H4,77,78,84)/t50-,51-,52-,53-,54-,55-,56-/m0/s1. The Morgan fingerprint density at radius 1 is 0.472 bits per heavy atom. The number of nitrogens with zero attached hydrogens (tertiary/aromatic N) is 2. The molecule has 698 valence electrons. The zero-order chi connectivity index (χ0) is 91.0. The molecule has 1 aromatic carbocycles. The van der Waals surface area contributed by atoms with Crippen LogP contribution in [0.4, 0.5) is 4.39 Å². The molecule has 7 atom stereocenters. The molecule has 2 aliphatic heterocycles. The fourth-order valence-electron chi connectivity index (χ4n) is 10.5. The van der Waals surface area contributed by atoms with Crippen molar-refractivity contribution in [2.24, 2.45) is 22.2 Å². The molecule has 1 aromatic heterocycles. The highest BCUT2D eigenvalue weighted by Gasteiger charge is 2.36. The van der Waals surface area contributed by atoms with E-state index in [9.17, 15) is 86.2 Å². The van der Waals surface area contributed by atoms with Gasteiger partial charge >= 0.3 is 5.97 Å². The number of carbonyl (C=O) groups is 16. The van der Waals surface area contributed by atoms with E-state index in [4.69, 9.17) is 69.4 Å². The molecule has 2 aromatic rings. The Morgan fingerprint density at radius 2 is 0.936 bits per heavy atom. The van der Waals surface area contributed by atoms with Gasteiger partial charge in [-0.25, -0.2) is 10.5 Å². The Labute approximate surface area is 731 Å². The Balaban J connectivity index is 1.34. The molecule has 125 heavy (non-hydrogen) atoms. The Hall–Kier alpha value is -10.3. The number of hydroxylamine groups is 1. The van der Waals surface area contributed by atoms with Gasteiger partial charge in [-0.15, -0.1) is 11.8 Å². The number of hydrogen-bond acceptors (Lipinski definition) is 32. The van der Waals surface area contributed by atoms with E-state index in [0.717, 1.165) is 45.6 Å². The van der Waals surface area contributed by atoms with Gasteiger partial charge in [0, 0.05) is 69.1 Å². The molecule has 3 heterocycles. The van der Waals surface area contributed by atoms with Gasteiger partial charge in [0.25, 0.3) is 5.91 Å². The van der Waals surface area contributed by atoms with Crippen LogP contribution >= 0.6 is 33.3 Å². The minimum atomic E-state index is -1.86. The van der Waals surface area contributed by atoms with Crippen molar-refractivity contribution in [3.63, 3.8) is 0 Å². The smallest absolute Gasteiger partial charge is 0.305 e. The van der Waals surface area contributed by atoms with Crippen LogP contribution in [0.5, 0.6) is 0 Å².